The minimum absolute atomic E-state index is 0.135. The lowest BCUT2D eigenvalue weighted by Crippen LogP contribution is -2.05. The van der Waals surface area contributed by atoms with Crippen LogP contribution < -0.4 is 0 Å². The first kappa shape index (κ1) is 13.1. The number of hydrogen-bond acceptors (Lipinski definition) is 4. The second-order valence-electron chi connectivity index (χ2n) is 4.07. The summed E-state index contributed by atoms with van der Waals surface area (Å²) in [5.74, 6) is 0.839. The zero-order valence-corrected chi connectivity index (χ0v) is 11.3. The van der Waals surface area contributed by atoms with Gasteiger partial charge in [-0.3, -0.25) is 9.79 Å². The lowest BCUT2D eigenvalue weighted by Gasteiger charge is -2.04. The monoisotopic (exact) mass is 263 g/mol. The maximum atomic E-state index is 11.3. The van der Waals surface area contributed by atoms with E-state index in [0.29, 0.717) is 19.4 Å². The molecule has 0 amide bonds. The number of thioether (sulfide) groups is 1. The maximum absolute atomic E-state index is 11.3. The summed E-state index contributed by atoms with van der Waals surface area (Å²) in [6.07, 6.45) is 1.13. The lowest BCUT2D eigenvalue weighted by atomic mass is 10.1. The van der Waals surface area contributed by atoms with Gasteiger partial charge in [0, 0.05) is 12.2 Å². The SMILES string of the molecule is CCOC(=O)CCC1=NC(c2ccccc2)CS1. The molecule has 0 aliphatic carbocycles. The summed E-state index contributed by atoms with van der Waals surface area (Å²) in [7, 11) is 0. The van der Waals surface area contributed by atoms with Crippen LogP contribution in [0.5, 0.6) is 0 Å². The van der Waals surface area contributed by atoms with Gasteiger partial charge in [0.1, 0.15) is 0 Å². The Balaban J connectivity index is 1.87. The third-order valence-corrected chi connectivity index (χ3v) is 3.87. The van der Waals surface area contributed by atoms with Gasteiger partial charge < -0.3 is 4.74 Å². The van der Waals surface area contributed by atoms with Crippen molar-refractivity contribution in [2.75, 3.05) is 12.4 Å². The first-order chi connectivity index (χ1) is 8.79. The molecule has 0 saturated carbocycles. The van der Waals surface area contributed by atoms with Crippen LogP contribution >= 0.6 is 11.8 Å². The molecule has 1 aromatic rings. The van der Waals surface area contributed by atoms with Gasteiger partial charge in [0.2, 0.25) is 0 Å². The van der Waals surface area contributed by atoms with Gasteiger partial charge in [0.15, 0.2) is 0 Å². The summed E-state index contributed by atoms with van der Waals surface area (Å²) in [6, 6.07) is 10.5. The van der Waals surface area contributed by atoms with Gasteiger partial charge in [-0.05, 0) is 12.5 Å². The standard InChI is InChI=1S/C14H17NO2S/c1-2-17-14(16)9-8-13-15-12(10-18-13)11-6-4-3-5-7-11/h3-7,12H,2,8-10H2,1H3. The molecule has 1 atom stereocenters. The molecule has 1 unspecified atom stereocenters. The number of aliphatic imine (C=N–C) groups is 1. The fraction of sp³-hybridized carbons (Fsp3) is 0.429. The molecule has 0 fully saturated rings. The van der Waals surface area contributed by atoms with E-state index < -0.39 is 0 Å². The number of ether oxygens (including phenoxy) is 1. The third kappa shape index (κ3) is 3.60. The van der Waals surface area contributed by atoms with Crippen LogP contribution in [0.15, 0.2) is 35.3 Å². The topological polar surface area (TPSA) is 38.7 Å². The molecule has 4 heteroatoms. The predicted octanol–water partition coefficient (Wildman–Crippen LogP) is 3.22. The molecule has 0 saturated heterocycles. The Morgan fingerprint density at radius 3 is 2.94 bits per heavy atom. The number of esters is 1. The van der Waals surface area contributed by atoms with Crippen molar-refractivity contribution in [2.45, 2.75) is 25.8 Å². The first-order valence-electron chi connectivity index (χ1n) is 6.19. The van der Waals surface area contributed by atoms with Crippen molar-refractivity contribution in [2.24, 2.45) is 4.99 Å². The summed E-state index contributed by atoms with van der Waals surface area (Å²) in [6.45, 7) is 2.27. The zero-order chi connectivity index (χ0) is 12.8. The highest BCUT2D eigenvalue weighted by Gasteiger charge is 2.20. The van der Waals surface area contributed by atoms with Gasteiger partial charge in [0.25, 0.3) is 0 Å². The second kappa shape index (κ2) is 6.59. The van der Waals surface area contributed by atoms with Gasteiger partial charge in [-0.1, -0.05) is 30.3 Å². The molecular formula is C14H17NO2S. The maximum Gasteiger partial charge on any atom is 0.306 e. The second-order valence-corrected chi connectivity index (χ2v) is 5.16. The quantitative estimate of drug-likeness (QED) is 0.766. The van der Waals surface area contributed by atoms with Crippen molar-refractivity contribution in [3.8, 4) is 0 Å². The highest BCUT2D eigenvalue weighted by Crippen LogP contribution is 2.31. The molecule has 3 nitrogen and oxygen atoms in total. The molecule has 0 bridgehead atoms. The van der Waals surface area contributed by atoms with Crippen LogP contribution in [-0.2, 0) is 9.53 Å². The van der Waals surface area contributed by atoms with Crippen LogP contribution in [0.2, 0.25) is 0 Å². The highest BCUT2D eigenvalue weighted by molar-refractivity contribution is 8.14. The average Bonchev–Trinajstić information content (AvgIpc) is 2.87. The smallest absolute Gasteiger partial charge is 0.306 e. The molecule has 0 N–H and O–H groups in total. The van der Waals surface area contributed by atoms with Crippen LogP contribution in [-0.4, -0.2) is 23.4 Å². The Kier molecular flexibility index (Phi) is 4.81. The molecule has 1 aliphatic heterocycles. The minimum atomic E-state index is -0.135. The summed E-state index contributed by atoms with van der Waals surface area (Å²) in [5.41, 5.74) is 1.25. The van der Waals surface area contributed by atoms with E-state index in [0.717, 1.165) is 10.8 Å². The number of carbonyl (C=O) groups excluding carboxylic acids is 1. The molecule has 0 radical (unpaired) electrons. The van der Waals surface area contributed by atoms with Gasteiger partial charge in [-0.15, -0.1) is 11.8 Å². The molecule has 1 aliphatic rings. The van der Waals surface area contributed by atoms with E-state index in [4.69, 9.17) is 4.74 Å². The summed E-state index contributed by atoms with van der Waals surface area (Å²) in [5, 5.41) is 1.07. The highest BCUT2D eigenvalue weighted by atomic mass is 32.2. The fourth-order valence-corrected chi connectivity index (χ4v) is 2.91. The van der Waals surface area contributed by atoms with Crippen molar-refractivity contribution in [3.63, 3.8) is 0 Å². The van der Waals surface area contributed by atoms with Gasteiger partial charge in [0.05, 0.1) is 24.1 Å². The predicted molar refractivity (Wildman–Crippen MR) is 74.9 cm³/mol. The average molecular weight is 263 g/mol. The zero-order valence-electron chi connectivity index (χ0n) is 10.5. The van der Waals surface area contributed by atoms with E-state index in [9.17, 15) is 4.79 Å². The molecule has 96 valence electrons. The Hall–Kier alpha value is -1.29. The van der Waals surface area contributed by atoms with Crippen LogP contribution in [0.3, 0.4) is 0 Å². The van der Waals surface area contributed by atoms with Crippen molar-refractivity contribution in [3.05, 3.63) is 35.9 Å². The normalized spacial score (nSPS) is 18.5. The van der Waals surface area contributed by atoms with Crippen LogP contribution in [0.4, 0.5) is 0 Å². The molecule has 1 aromatic carbocycles. The number of nitrogens with zero attached hydrogens (tertiary/aromatic N) is 1. The van der Waals surface area contributed by atoms with E-state index in [2.05, 4.69) is 17.1 Å². The molecule has 18 heavy (non-hydrogen) atoms. The Bertz CT molecular complexity index is 431. The van der Waals surface area contributed by atoms with Gasteiger partial charge in [-0.25, -0.2) is 0 Å². The lowest BCUT2D eigenvalue weighted by molar-refractivity contribution is -0.142. The molecule has 2 rings (SSSR count). The van der Waals surface area contributed by atoms with E-state index >= 15 is 0 Å². The van der Waals surface area contributed by atoms with Crippen molar-refractivity contribution in [1.29, 1.82) is 0 Å². The van der Waals surface area contributed by atoms with Crippen LogP contribution in [0.1, 0.15) is 31.4 Å². The fourth-order valence-electron chi connectivity index (χ4n) is 1.85. The number of rotatable bonds is 5. The molecule has 0 spiro atoms. The summed E-state index contributed by atoms with van der Waals surface area (Å²) >= 11 is 1.75. The Morgan fingerprint density at radius 2 is 2.22 bits per heavy atom. The van der Waals surface area contributed by atoms with Gasteiger partial charge >= 0.3 is 5.97 Å². The minimum Gasteiger partial charge on any atom is -0.466 e. The number of hydrogen-bond donors (Lipinski definition) is 0. The van der Waals surface area contributed by atoms with Crippen LogP contribution in [0, 0.1) is 0 Å². The van der Waals surface area contributed by atoms with E-state index in [1.807, 2.05) is 25.1 Å². The largest absolute Gasteiger partial charge is 0.466 e. The van der Waals surface area contributed by atoms with E-state index in [1.165, 1.54) is 5.56 Å². The Morgan fingerprint density at radius 1 is 1.44 bits per heavy atom. The van der Waals surface area contributed by atoms with Gasteiger partial charge in [-0.2, -0.15) is 0 Å². The van der Waals surface area contributed by atoms with Crippen molar-refractivity contribution >= 4 is 22.8 Å². The Labute approximate surface area is 112 Å². The molecule has 0 aromatic heterocycles. The van der Waals surface area contributed by atoms with Crippen LogP contribution in [0.25, 0.3) is 0 Å². The summed E-state index contributed by atoms with van der Waals surface area (Å²) < 4.78 is 4.91. The number of carbonyl (C=O) groups is 1. The number of benzene rings is 1. The van der Waals surface area contributed by atoms with E-state index in [1.54, 1.807) is 11.8 Å². The molecule has 1 heterocycles. The first-order valence-corrected chi connectivity index (χ1v) is 7.18. The van der Waals surface area contributed by atoms with Crippen molar-refractivity contribution < 1.29 is 9.53 Å². The van der Waals surface area contributed by atoms with E-state index in [-0.39, 0.29) is 12.0 Å². The third-order valence-electron chi connectivity index (χ3n) is 2.74. The molecular weight excluding hydrogens is 246 g/mol. The summed E-state index contributed by atoms with van der Waals surface area (Å²) in [4.78, 5) is 15.9. The van der Waals surface area contributed by atoms with Crippen molar-refractivity contribution in [1.82, 2.24) is 0 Å².